The van der Waals surface area contributed by atoms with Crippen molar-refractivity contribution in [1.82, 2.24) is 5.32 Å². The number of nitriles is 1. The summed E-state index contributed by atoms with van der Waals surface area (Å²) in [5, 5.41) is 13.5. The molecule has 1 aliphatic rings. The summed E-state index contributed by atoms with van der Waals surface area (Å²) in [6, 6.07) is 2.80. The highest BCUT2D eigenvalue weighted by Crippen LogP contribution is 2.29. The van der Waals surface area contributed by atoms with Crippen LogP contribution in [-0.4, -0.2) is 22.6 Å². The van der Waals surface area contributed by atoms with Crippen molar-refractivity contribution in [3.8, 4) is 6.07 Å². The fourth-order valence-corrected chi connectivity index (χ4v) is 4.02. The Bertz CT molecular complexity index is 266. The molecule has 0 aromatic rings. The Hall–Kier alpha value is -0.200. The molecule has 0 saturated heterocycles. The molecule has 0 spiro atoms. The Morgan fingerprint density at radius 2 is 2.00 bits per heavy atom. The van der Waals surface area contributed by atoms with Crippen molar-refractivity contribution in [2.75, 3.05) is 5.75 Å². The Balaban J connectivity index is 2.17. The van der Waals surface area contributed by atoms with E-state index in [4.69, 9.17) is 0 Å². The van der Waals surface area contributed by atoms with Crippen molar-refractivity contribution in [2.45, 2.75) is 82.5 Å². The third-order valence-corrected chi connectivity index (χ3v) is 5.05. The summed E-state index contributed by atoms with van der Waals surface area (Å²) in [7, 11) is 0. The maximum absolute atomic E-state index is 9.26. The van der Waals surface area contributed by atoms with Gasteiger partial charge >= 0.3 is 0 Å². The van der Waals surface area contributed by atoms with Crippen LogP contribution in [0.5, 0.6) is 0 Å². The molecule has 1 saturated carbocycles. The first kappa shape index (κ1) is 15.9. The summed E-state index contributed by atoms with van der Waals surface area (Å²) in [5.41, 5.74) is -0.346. The molecule has 1 fully saturated rings. The lowest BCUT2D eigenvalue weighted by molar-refractivity contribution is 0.380. The topological polar surface area (TPSA) is 35.8 Å². The predicted molar refractivity (Wildman–Crippen MR) is 80.9 cm³/mol. The highest BCUT2D eigenvalue weighted by molar-refractivity contribution is 7.99. The molecular formula is C15H28N2S. The largest absolute Gasteiger partial charge is 0.297 e. The van der Waals surface area contributed by atoms with Gasteiger partial charge in [-0.25, -0.2) is 0 Å². The van der Waals surface area contributed by atoms with Crippen LogP contribution in [0.15, 0.2) is 0 Å². The van der Waals surface area contributed by atoms with Gasteiger partial charge in [0, 0.05) is 11.3 Å². The van der Waals surface area contributed by atoms with Crippen LogP contribution in [0.25, 0.3) is 0 Å². The van der Waals surface area contributed by atoms with E-state index < -0.39 is 0 Å². The van der Waals surface area contributed by atoms with Crippen LogP contribution in [0.4, 0.5) is 0 Å². The van der Waals surface area contributed by atoms with Crippen LogP contribution in [0.3, 0.4) is 0 Å². The minimum Gasteiger partial charge on any atom is -0.297 e. The smallest absolute Gasteiger partial charge is 0.104 e. The normalized spacial score (nSPS) is 20.6. The number of hydrogen-bond acceptors (Lipinski definition) is 3. The fraction of sp³-hybridized carbons (Fsp3) is 0.933. The molecule has 0 aromatic carbocycles. The first-order valence-corrected chi connectivity index (χ1v) is 8.41. The zero-order valence-corrected chi connectivity index (χ0v) is 13.0. The van der Waals surface area contributed by atoms with Crippen LogP contribution in [-0.2, 0) is 0 Å². The van der Waals surface area contributed by atoms with Crippen molar-refractivity contribution >= 4 is 11.8 Å². The number of thioether (sulfide) groups is 1. The quantitative estimate of drug-likeness (QED) is 0.706. The third kappa shape index (κ3) is 6.11. The molecule has 1 unspecified atom stereocenters. The van der Waals surface area contributed by atoms with Gasteiger partial charge in [-0.2, -0.15) is 17.0 Å². The van der Waals surface area contributed by atoms with Crippen LogP contribution in [0.2, 0.25) is 0 Å². The molecule has 0 amide bonds. The van der Waals surface area contributed by atoms with E-state index in [0.29, 0.717) is 6.04 Å². The van der Waals surface area contributed by atoms with E-state index in [1.54, 1.807) is 0 Å². The van der Waals surface area contributed by atoms with E-state index in [9.17, 15) is 5.26 Å². The minimum atomic E-state index is -0.346. The van der Waals surface area contributed by atoms with Crippen molar-refractivity contribution in [1.29, 1.82) is 5.26 Å². The van der Waals surface area contributed by atoms with Gasteiger partial charge in [0.05, 0.1) is 6.07 Å². The maximum atomic E-state index is 9.26. The van der Waals surface area contributed by atoms with Crippen molar-refractivity contribution < 1.29 is 0 Å². The molecule has 0 aliphatic heterocycles. The third-order valence-electron chi connectivity index (χ3n) is 3.58. The van der Waals surface area contributed by atoms with Crippen molar-refractivity contribution in [3.05, 3.63) is 0 Å². The monoisotopic (exact) mass is 268 g/mol. The van der Waals surface area contributed by atoms with E-state index in [-0.39, 0.29) is 5.54 Å². The summed E-state index contributed by atoms with van der Waals surface area (Å²) < 4.78 is 0. The second-order valence-electron chi connectivity index (χ2n) is 5.98. The van der Waals surface area contributed by atoms with Gasteiger partial charge in [0.15, 0.2) is 0 Å². The van der Waals surface area contributed by atoms with Crippen LogP contribution in [0.1, 0.15) is 65.7 Å². The fourth-order valence-electron chi connectivity index (χ4n) is 2.71. The van der Waals surface area contributed by atoms with E-state index >= 15 is 0 Å². The van der Waals surface area contributed by atoms with Crippen LogP contribution < -0.4 is 5.32 Å². The minimum absolute atomic E-state index is 0.346. The predicted octanol–water partition coefficient (Wildman–Crippen LogP) is 4.11. The molecule has 18 heavy (non-hydrogen) atoms. The second kappa shape index (κ2) is 8.07. The molecule has 1 rings (SSSR count). The Morgan fingerprint density at radius 1 is 1.33 bits per heavy atom. The van der Waals surface area contributed by atoms with Crippen LogP contribution >= 0.6 is 11.8 Å². The Kier molecular flexibility index (Phi) is 7.11. The first-order valence-electron chi connectivity index (χ1n) is 7.36. The van der Waals surface area contributed by atoms with Gasteiger partial charge in [-0.05, 0) is 52.2 Å². The summed E-state index contributed by atoms with van der Waals surface area (Å²) in [4.78, 5) is 0. The molecule has 0 bridgehead atoms. The van der Waals surface area contributed by atoms with E-state index in [0.717, 1.165) is 18.1 Å². The van der Waals surface area contributed by atoms with Crippen molar-refractivity contribution in [3.63, 3.8) is 0 Å². The van der Waals surface area contributed by atoms with E-state index in [1.165, 1.54) is 37.9 Å². The lowest BCUT2D eigenvalue weighted by atomic mass is 9.97. The first-order chi connectivity index (χ1) is 8.56. The number of hydrogen-bond donors (Lipinski definition) is 1. The zero-order chi connectivity index (χ0) is 13.4. The molecule has 1 aliphatic carbocycles. The Morgan fingerprint density at radius 3 is 2.56 bits per heavy atom. The Labute approximate surface area is 117 Å². The average molecular weight is 268 g/mol. The van der Waals surface area contributed by atoms with E-state index in [1.807, 2.05) is 6.92 Å². The van der Waals surface area contributed by atoms with Gasteiger partial charge in [-0.1, -0.05) is 19.3 Å². The van der Waals surface area contributed by atoms with Gasteiger partial charge in [-0.15, -0.1) is 0 Å². The molecule has 1 atom stereocenters. The molecule has 3 heteroatoms. The molecule has 1 N–H and O–H groups in total. The second-order valence-corrected chi connectivity index (χ2v) is 7.39. The van der Waals surface area contributed by atoms with E-state index in [2.05, 4.69) is 37.0 Å². The highest BCUT2D eigenvalue weighted by atomic mass is 32.2. The van der Waals surface area contributed by atoms with Gasteiger partial charge in [-0.3, -0.25) is 5.32 Å². The lowest BCUT2D eigenvalue weighted by Gasteiger charge is -2.26. The highest BCUT2D eigenvalue weighted by Gasteiger charge is 2.23. The van der Waals surface area contributed by atoms with Gasteiger partial charge < -0.3 is 0 Å². The zero-order valence-electron chi connectivity index (χ0n) is 12.2. The summed E-state index contributed by atoms with van der Waals surface area (Å²) in [5.74, 6) is 1.21. The number of nitrogens with zero attached hydrogens (tertiary/aromatic N) is 1. The molecule has 2 nitrogen and oxygen atoms in total. The maximum Gasteiger partial charge on any atom is 0.104 e. The molecule has 104 valence electrons. The van der Waals surface area contributed by atoms with Gasteiger partial charge in [0.25, 0.3) is 0 Å². The van der Waals surface area contributed by atoms with Gasteiger partial charge in [0.1, 0.15) is 5.54 Å². The lowest BCUT2D eigenvalue weighted by Crippen LogP contribution is -2.45. The van der Waals surface area contributed by atoms with Gasteiger partial charge in [0.2, 0.25) is 0 Å². The van der Waals surface area contributed by atoms with Crippen LogP contribution in [0, 0.1) is 11.3 Å². The number of nitrogens with one attached hydrogen (secondary N) is 1. The molecular weight excluding hydrogens is 240 g/mol. The molecule has 0 aromatic heterocycles. The average Bonchev–Trinajstić information content (AvgIpc) is 2.35. The summed E-state index contributed by atoms with van der Waals surface area (Å²) in [6.07, 6.45) is 9.19. The standard InChI is InChI=1S/C15H28N2S/c1-13(2)17-15(3,12-16)10-7-11-18-14-8-5-4-6-9-14/h13-14,17H,4-11H2,1-3H3. The molecule has 0 radical (unpaired) electrons. The summed E-state index contributed by atoms with van der Waals surface area (Å²) >= 11 is 2.13. The molecule has 0 heterocycles. The SMILES string of the molecule is CC(C)NC(C)(C#N)CCCSC1CCCCC1. The van der Waals surface area contributed by atoms with Crippen molar-refractivity contribution in [2.24, 2.45) is 0 Å². The summed E-state index contributed by atoms with van der Waals surface area (Å²) in [6.45, 7) is 6.23. The number of rotatable bonds is 7.